The number of phosphoric ester groups is 2. The van der Waals surface area contributed by atoms with Gasteiger partial charge in [-0.3, -0.25) is 37.3 Å². The molecule has 0 aliphatic heterocycles. The van der Waals surface area contributed by atoms with Crippen molar-refractivity contribution in [1.82, 2.24) is 0 Å². The average Bonchev–Trinajstić information content (AvgIpc) is 0.917. The molecule has 3 N–H and O–H groups in total. The highest BCUT2D eigenvalue weighted by Gasteiger charge is 2.30. The lowest BCUT2D eigenvalue weighted by Crippen LogP contribution is -2.30. The Labute approximate surface area is 631 Å². The smallest absolute Gasteiger partial charge is 0.462 e. The van der Waals surface area contributed by atoms with Crippen LogP contribution in [0, 0.1) is 5.92 Å². The number of allylic oxidation sites excluding steroid dienone is 4. The summed E-state index contributed by atoms with van der Waals surface area (Å²) in [4.78, 5) is 73.1. The summed E-state index contributed by atoms with van der Waals surface area (Å²) in [5.41, 5.74) is 0. The molecule has 0 aromatic rings. The summed E-state index contributed by atoms with van der Waals surface area (Å²) in [5, 5.41) is 10.7. The van der Waals surface area contributed by atoms with Crippen molar-refractivity contribution in [3.05, 3.63) is 24.3 Å². The molecule has 0 aromatic heterocycles. The molecule has 0 radical (unpaired) electrons. The second-order valence-electron chi connectivity index (χ2n) is 30.0. The van der Waals surface area contributed by atoms with Gasteiger partial charge in [0.1, 0.15) is 19.3 Å². The van der Waals surface area contributed by atoms with Gasteiger partial charge in [-0.2, -0.15) is 0 Å². The first kappa shape index (κ1) is 101. The first-order valence-electron chi connectivity index (χ1n) is 43.0. The van der Waals surface area contributed by atoms with Crippen LogP contribution in [0.2, 0.25) is 0 Å². The molecule has 0 saturated heterocycles. The maximum absolute atomic E-state index is 13.1. The third-order valence-electron chi connectivity index (χ3n) is 19.2. The molecule has 0 aliphatic rings. The third-order valence-corrected chi connectivity index (χ3v) is 21.1. The summed E-state index contributed by atoms with van der Waals surface area (Å²) >= 11 is 0. The van der Waals surface area contributed by atoms with Gasteiger partial charge in [-0.25, -0.2) is 9.13 Å². The van der Waals surface area contributed by atoms with Gasteiger partial charge < -0.3 is 33.8 Å². The molecule has 0 heterocycles. The fourth-order valence-corrected chi connectivity index (χ4v) is 14.2. The van der Waals surface area contributed by atoms with E-state index in [9.17, 15) is 43.2 Å². The van der Waals surface area contributed by atoms with Gasteiger partial charge in [-0.05, 0) is 57.3 Å². The maximum Gasteiger partial charge on any atom is 0.472 e. The number of esters is 4. The number of unbranched alkanes of at least 4 members (excludes halogenated alkanes) is 51. The van der Waals surface area contributed by atoms with Crippen LogP contribution in [0.4, 0.5) is 0 Å². The fourth-order valence-electron chi connectivity index (χ4n) is 12.6. The Morgan fingerprint density at radius 1 is 0.301 bits per heavy atom. The fraction of sp³-hybridized carbons (Fsp3) is 0.905. The number of carbonyl (C=O) groups excluding carboxylic acids is 4. The highest BCUT2D eigenvalue weighted by molar-refractivity contribution is 7.47. The van der Waals surface area contributed by atoms with Crippen molar-refractivity contribution in [2.45, 2.75) is 445 Å². The van der Waals surface area contributed by atoms with Crippen molar-refractivity contribution in [3.8, 4) is 0 Å². The Bertz CT molecular complexity index is 2060. The number of hydrogen-bond acceptors (Lipinski definition) is 15. The number of carbonyl (C=O) groups is 4. The Balaban J connectivity index is 5.26. The van der Waals surface area contributed by atoms with Crippen LogP contribution >= 0.6 is 15.6 Å². The largest absolute Gasteiger partial charge is 0.472 e. The molecule has 608 valence electrons. The van der Waals surface area contributed by atoms with Gasteiger partial charge in [0, 0.05) is 25.7 Å². The highest BCUT2D eigenvalue weighted by atomic mass is 31.2. The highest BCUT2D eigenvalue weighted by Crippen LogP contribution is 2.45. The second-order valence-corrected chi connectivity index (χ2v) is 32.9. The molecule has 2 unspecified atom stereocenters. The molecule has 0 amide bonds. The molecule has 0 rings (SSSR count). The van der Waals surface area contributed by atoms with Crippen molar-refractivity contribution >= 4 is 39.5 Å². The van der Waals surface area contributed by atoms with Crippen LogP contribution in [0.15, 0.2) is 24.3 Å². The van der Waals surface area contributed by atoms with Crippen LogP contribution < -0.4 is 0 Å². The van der Waals surface area contributed by atoms with E-state index in [1.807, 2.05) is 0 Å². The zero-order valence-corrected chi connectivity index (χ0v) is 68.7. The average molecular weight is 1500 g/mol. The molecular formula is C84H160O17P2. The second kappa shape index (κ2) is 76.3. The summed E-state index contributed by atoms with van der Waals surface area (Å²) in [5.74, 6) is -1.37. The van der Waals surface area contributed by atoms with Gasteiger partial charge in [0.05, 0.1) is 26.4 Å². The normalized spacial score (nSPS) is 14.0. The van der Waals surface area contributed by atoms with Gasteiger partial charge in [-0.1, -0.05) is 374 Å². The number of rotatable bonds is 82. The van der Waals surface area contributed by atoms with Crippen molar-refractivity contribution in [2.75, 3.05) is 39.6 Å². The van der Waals surface area contributed by atoms with E-state index in [1.54, 1.807) is 0 Å². The van der Waals surface area contributed by atoms with Crippen LogP contribution in [0.5, 0.6) is 0 Å². The standard InChI is InChI=1S/C84H160O17P2/c1-6-9-12-15-18-21-24-27-29-30-31-32-33-34-35-37-39-44-49-54-59-64-69-83(88)100-79(74-95-82(87)68-63-58-53-48-43-38-36-28-25-22-19-16-13-10-7-2)75-98-102(90,91)96-71-78(85)72-97-103(92,93)99-76-80(73-94-81(86)67-62-57-52-47-42-26-23-20-17-14-11-8-3)101-84(89)70-65-60-55-50-45-40-41-46-51-56-61-66-77(4)5/h22,25,28,36,77-80,85H,6-21,23-24,26-27,29-35,37-76H2,1-5H3,(H,90,91)(H,92,93)/b25-22-,36-28-/t78-,79-,80-/m1/s1. The molecule has 103 heavy (non-hydrogen) atoms. The van der Waals surface area contributed by atoms with Crippen LogP contribution in [-0.2, 0) is 65.4 Å². The van der Waals surface area contributed by atoms with E-state index in [0.717, 1.165) is 115 Å². The minimum Gasteiger partial charge on any atom is -0.462 e. The molecule has 0 aromatic carbocycles. The summed E-state index contributed by atoms with van der Waals surface area (Å²) in [7, 11) is -9.93. The van der Waals surface area contributed by atoms with Gasteiger partial charge in [0.15, 0.2) is 12.2 Å². The number of aliphatic hydroxyl groups is 1. The first-order valence-corrected chi connectivity index (χ1v) is 45.9. The zero-order valence-electron chi connectivity index (χ0n) is 66.9. The lowest BCUT2D eigenvalue weighted by Gasteiger charge is -2.21. The zero-order chi connectivity index (χ0) is 75.5. The Morgan fingerprint density at radius 2 is 0.524 bits per heavy atom. The first-order chi connectivity index (χ1) is 50.0. The van der Waals surface area contributed by atoms with E-state index < -0.39 is 97.5 Å². The lowest BCUT2D eigenvalue weighted by molar-refractivity contribution is -0.161. The van der Waals surface area contributed by atoms with E-state index in [4.69, 9.17) is 37.0 Å². The van der Waals surface area contributed by atoms with E-state index >= 15 is 0 Å². The van der Waals surface area contributed by atoms with Gasteiger partial charge >= 0.3 is 39.5 Å². The number of ether oxygens (including phenoxy) is 4. The van der Waals surface area contributed by atoms with E-state index in [2.05, 4.69) is 58.9 Å². The Kier molecular flexibility index (Phi) is 74.5. The van der Waals surface area contributed by atoms with Crippen molar-refractivity contribution in [3.63, 3.8) is 0 Å². The van der Waals surface area contributed by atoms with E-state index in [-0.39, 0.29) is 25.7 Å². The van der Waals surface area contributed by atoms with Crippen molar-refractivity contribution < 1.29 is 80.2 Å². The van der Waals surface area contributed by atoms with Crippen LogP contribution in [0.3, 0.4) is 0 Å². The summed E-state index contributed by atoms with van der Waals surface area (Å²) in [6, 6.07) is 0. The Morgan fingerprint density at radius 3 is 0.796 bits per heavy atom. The summed E-state index contributed by atoms with van der Waals surface area (Å²) in [6.45, 7) is 7.28. The van der Waals surface area contributed by atoms with Crippen LogP contribution in [-0.4, -0.2) is 96.7 Å². The van der Waals surface area contributed by atoms with Gasteiger partial charge in [0.2, 0.25) is 0 Å². The minimum atomic E-state index is -4.97. The molecule has 17 nitrogen and oxygen atoms in total. The molecule has 0 saturated carbocycles. The molecule has 0 aliphatic carbocycles. The summed E-state index contributed by atoms with van der Waals surface area (Å²) in [6.07, 6.45) is 71.6. The third kappa shape index (κ3) is 77.5. The number of aliphatic hydroxyl groups excluding tert-OH is 1. The molecule has 5 atom stereocenters. The van der Waals surface area contributed by atoms with Crippen LogP contribution in [0.25, 0.3) is 0 Å². The van der Waals surface area contributed by atoms with E-state index in [0.29, 0.717) is 25.7 Å². The van der Waals surface area contributed by atoms with E-state index in [1.165, 1.54) is 231 Å². The van der Waals surface area contributed by atoms with Crippen molar-refractivity contribution in [2.24, 2.45) is 5.92 Å². The molecule has 0 spiro atoms. The molecule has 0 fully saturated rings. The number of hydrogen-bond donors (Lipinski definition) is 3. The SMILES string of the molecule is CCCCCC/C=C\C=C/CCCCCCCC(=O)OC[C@H](COP(=O)(O)OC[C@@H](O)COP(=O)(O)OC[C@@H](COC(=O)CCCCCCCCCCCCCC)OC(=O)CCCCCCCCCCCCCC(C)C)OC(=O)CCCCCCCCCCCCCCCCCCCCCCCC. The molecule has 0 bridgehead atoms. The van der Waals surface area contributed by atoms with Crippen LogP contribution in [0.1, 0.15) is 426 Å². The minimum absolute atomic E-state index is 0.102. The lowest BCUT2D eigenvalue weighted by atomic mass is 10.0. The predicted molar refractivity (Wildman–Crippen MR) is 423 cm³/mol. The number of phosphoric acid groups is 2. The quantitative estimate of drug-likeness (QED) is 0.0169. The predicted octanol–water partition coefficient (Wildman–Crippen LogP) is 25.1. The molecule has 19 heteroatoms. The Hall–Kier alpha value is -2.46. The monoisotopic (exact) mass is 1500 g/mol. The molecular weight excluding hydrogens is 1340 g/mol. The summed E-state index contributed by atoms with van der Waals surface area (Å²) < 4.78 is 68.8. The topological polar surface area (TPSA) is 237 Å². The van der Waals surface area contributed by atoms with Gasteiger partial charge in [-0.15, -0.1) is 0 Å². The maximum atomic E-state index is 13.1. The van der Waals surface area contributed by atoms with Gasteiger partial charge in [0.25, 0.3) is 0 Å². The van der Waals surface area contributed by atoms with Crippen molar-refractivity contribution in [1.29, 1.82) is 0 Å².